The van der Waals surface area contributed by atoms with Crippen molar-refractivity contribution in [3.05, 3.63) is 0 Å². The first kappa shape index (κ1) is 14.6. The molecule has 0 aromatic heterocycles. The van der Waals surface area contributed by atoms with Crippen LogP contribution < -0.4 is 0 Å². The van der Waals surface area contributed by atoms with Gasteiger partial charge in [-0.05, 0) is 45.7 Å². The molecule has 0 spiro atoms. The van der Waals surface area contributed by atoms with Crippen LogP contribution in [-0.2, 0) is 4.79 Å². The number of carboxylic acid groups (broad SMARTS) is 1. The lowest BCUT2D eigenvalue weighted by molar-refractivity contribution is -0.147. The molecule has 0 bridgehead atoms. The van der Waals surface area contributed by atoms with E-state index in [0.717, 1.165) is 32.6 Å². The number of likely N-dealkylation sites (tertiary alicyclic amines) is 3. The van der Waals surface area contributed by atoms with E-state index in [1.165, 1.54) is 12.8 Å². The van der Waals surface area contributed by atoms with Crippen LogP contribution >= 0.6 is 0 Å². The highest BCUT2D eigenvalue weighted by Crippen LogP contribution is 2.31. The number of rotatable bonds is 2. The second kappa shape index (κ2) is 5.48. The Labute approximate surface area is 125 Å². The molecule has 0 radical (unpaired) electrons. The Bertz CT molecular complexity index is 436. The van der Waals surface area contributed by atoms with Crippen molar-refractivity contribution in [2.24, 2.45) is 5.41 Å². The zero-order valence-electron chi connectivity index (χ0n) is 12.8. The highest BCUT2D eigenvalue weighted by molar-refractivity contribution is 5.79. The highest BCUT2D eigenvalue weighted by Gasteiger charge is 2.44. The molecule has 6 nitrogen and oxygen atoms in total. The average Bonchev–Trinajstić information content (AvgIpc) is 3.18. The van der Waals surface area contributed by atoms with Crippen LogP contribution in [0.2, 0.25) is 0 Å². The second-order valence-electron chi connectivity index (χ2n) is 6.95. The number of carbonyl (C=O) groups excluding carboxylic acids is 1. The Morgan fingerprint density at radius 1 is 1.10 bits per heavy atom. The predicted octanol–water partition coefficient (Wildman–Crippen LogP) is 1.07. The van der Waals surface area contributed by atoms with E-state index in [0.29, 0.717) is 25.6 Å². The van der Waals surface area contributed by atoms with Gasteiger partial charge < -0.3 is 14.9 Å². The van der Waals surface area contributed by atoms with E-state index >= 15 is 0 Å². The van der Waals surface area contributed by atoms with Gasteiger partial charge in [0.2, 0.25) is 0 Å². The van der Waals surface area contributed by atoms with Gasteiger partial charge in [-0.25, -0.2) is 4.79 Å². The third kappa shape index (κ3) is 2.73. The minimum Gasteiger partial charge on any atom is -0.481 e. The second-order valence-corrected chi connectivity index (χ2v) is 6.95. The van der Waals surface area contributed by atoms with E-state index in [-0.39, 0.29) is 6.03 Å². The summed E-state index contributed by atoms with van der Waals surface area (Å²) in [4.78, 5) is 30.0. The van der Waals surface area contributed by atoms with E-state index < -0.39 is 11.4 Å². The fourth-order valence-electron chi connectivity index (χ4n) is 3.82. The predicted molar refractivity (Wildman–Crippen MR) is 78.1 cm³/mol. The fourth-order valence-corrected chi connectivity index (χ4v) is 3.82. The minimum absolute atomic E-state index is 0.0293. The van der Waals surface area contributed by atoms with Gasteiger partial charge in [-0.15, -0.1) is 0 Å². The standard InChI is InChI=1S/C15H25N3O3/c1-15(13(19)20)5-9-18(11-15)14(21)17-8-4-12(10-17)16-6-2-3-7-16/h12H,2-11H2,1H3,(H,19,20). The van der Waals surface area contributed by atoms with Crippen molar-refractivity contribution in [3.8, 4) is 0 Å². The molecule has 0 aromatic rings. The number of hydrogen-bond donors (Lipinski definition) is 1. The fraction of sp³-hybridized carbons (Fsp3) is 0.867. The van der Waals surface area contributed by atoms with Gasteiger partial charge >= 0.3 is 12.0 Å². The number of carboxylic acids is 1. The molecule has 3 rings (SSSR count). The van der Waals surface area contributed by atoms with E-state index in [1.807, 2.05) is 4.90 Å². The molecule has 0 saturated carbocycles. The molecule has 2 amide bonds. The summed E-state index contributed by atoms with van der Waals surface area (Å²) in [5.41, 5.74) is -0.774. The van der Waals surface area contributed by atoms with Gasteiger partial charge in [0.25, 0.3) is 0 Å². The zero-order valence-corrected chi connectivity index (χ0v) is 12.8. The lowest BCUT2D eigenvalue weighted by atomic mass is 9.90. The van der Waals surface area contributed by atoms with Gasteiger partial charge in [0, 0.05) is 32.2 Å². The molecule has 2 atom stereocenters. The van der Waals surface area contributed by atoms with Crippen LogP contribution in [0.25, 0.3) is 0 Å². The van der Waals surface area contributed by atoms with Crippen LogP contribution in [0.15, 0.2) is 0 Å². The number of carbonyl (C=O) groups is 2. The van der Waals surface area contributed by atoms with Gasteiger partial charge in [0.15, 0.2) is 0 Å². The molecular formula is C15H25N3O3. The van der Waals surface area contributed by atoms with E-state index in [9.17, 15) is 14.7 Å². The van der Waals surface area contributed by atoms with Crippen molar-refractivity contribution in [2.45, 2.75) is 38.6 Å². The van der Waals surface area contributed by atoms with Gasteiger partial charge in [-0.1, -0.05) is 0 Å². The maximum Gasteiger partial charge on any atom is 0.320 e. The van der Waals surface area contributed by atoms with Crippen LogP contribution in [-0.4, -0.2) is 77.1 Å². The van der Waals surface area contributed by atoms with Gasteiger partial charge in [0.05, 0.1) is 5.41 Å². The quantitative estimate of drug-likeness (QED) is 0.828. The van der Waals surface area contributed by atoms with E-state index in [4.69, 9.17) is 0 Å². The van der Waals surface area contributed by atoms with Crippen molar-refractivity contribution in [1.29, 1.82) is 0 Å². The number of urea groups is 1. The lowest BCUT2D eigenvalue weighted by Gasteiger charge is -2.27. The van der Waals surface area contributed by atoms with Gasteiger partial charge in [-0.3, -0.25) is 9.69 Å². The largest absolute Gasteiger partial charge is 0.481 e. The van der Waals surface area contributed by atoms with Crippen LogP contribution in [0.4, 0.5) is 4.79 Å². The Hall–Kier alpha value is -1.30. The maximum atomic E-state index is 12.6. The van der Waals surface area contributed by atoms with E-state index in [2.05, 4.69) is 4.90 Å². The van der Waals surface area contributed by atoms with Crippen LogP contribution in [0.1, 0.15) is 32.6 Å². The van der Waals surface area contributed by atoms with Gasteiger partial charge in [-0.2, -0.15) is 0 Å². The normalized spacial score (nSPS) is 33.9. The average molecular weight is 295 g/mol. The lowest BCUT2D eigenvalue weighted by Crippen LogP contribution is -2.44. The number of amides is 2. The molecule has 3 saturated heterocycles. The summed E-state index contributed by atoms with van der Waals surface area (Å²) in [6.07, 6.45) is 4.15. The molecule has 0 aromatic carbocycles. The summed E-state index contributed by atoms with van der Waals surface area (Å²) in [5.74, 6) is -0.797. The topological polar surface area (TPSA) is 64.1 Å². The first-order valence-corrected chi connectivity index (χ1v) is 8.01. The zero-order chi connectivity index (χ0) is 15.0. The van der Waals surface area contributed by atoms with Crippen molar-refractivity contribution >= 4 is 12.0 Å². The first-order valence-electron chi connectivity index (χ1n) is 8.01. The molecule has 1 N–H and O–H groups in total. The summed E-state index contributed by atoms with van der Waals surface area (Å²) in [5, 5.41) is 9.26. The molecule has 6 heteroatoms. The van der Waals surface area contributed by atoms with Crippen LogP contribution in [0.5, 0.6) is 0 Å². The molecular weight excluding hydrogens is 270 g/mol. The Morgan fingerprint density at radius 2 is 1.81 bits per heavy atom. The first-order chi connectivity index (χ1) is 9.99. The number of nitrogens with zero attached hydrogens (tertiary/aromatic N) is 3. The molecule has 3 fully saturated rings. The Kier molecular flexibility index (Phi) is 3.82. The summed E-state index contributed by atoms with van der Waals surface area (Å²) in [6, 6.07) is 0.534. The summed E-state index contributed by atoms with van der Waals surface area (Å²) in [6.45, 7) is 6.57. The number of hydrogen-bond acceptors (Lipinski definition) is 3. The summed E-state index contributed by atoms with van der Waals surface area (Å²) in [7, 11) is 0. The molecule has 118 valence electrons. The smallest absolute Gasteiger partial charge is 0.320 e. The SMILES string of the molecule is CC1(C(=O)O)CCN(C(=O)N2CCC(N3CCCC3)C2)C1. The third-order valence-electron chi connectivity index (χ3n) is 5.35. The van der Waals surface area contributed by atoms with Crippen molar-refractivity contribution in [2.75, 3.05) is 39.3 Å². The molecule has 3 heterocycles. The Morgan fingerprint density at radius 3 is 2.43 bits per heavy atom. The molecule has 3 aliphatic rings. The maximum absolute atomic E-state index is 12.6. The minimum atomic E-state index is -0.797. The third-order valence-corrected chi connectivity index (χ3v) is 5.35. The van der Waals surface area contributed by atoms with Crippen molar-refractivity contribution in [3.63, 3.8) is 0 Å². The van der Waals surface area contributed by atoms with Gasteiger partial charge in [0.1, 0.15) is 0 Å². The number of aliphatic carboxylic acids is 1. The molecule has 21 heavy (non-hydrogen) atoms. The van der Waals surface area contributed by atoms with Crippen molar-refractivity contribution in [1.82, 2.24) is 14.7 Å². The molecule has 2 unspecified atom stereocenters. The van der Waals surface area contributed by atoms with E-state index in [1.54, 1.807) is 11.8 Å². The highest BCUT2D eigenvalue weighted by atomic mass is 16.4. The van der Waals surface area contributed by atoms with Crippen molar-refractivity contribution < 1.29 is 14.7 Å². The Balaban J connectivity index is 1.56. The molecule has 3 aliphatic heterocycles. The molecule has 0 aliphatic carbocycles. The monoisotopic (exact) mass is 295 g/mol. The summed E-state index contributed by atoms with van der Waals surface area (Å²) >= 11 is 0. The van der Waals surface area contributed by atoms with Crippen LogP contribution in [0, 0.1) is 5.41 Å². The van der Waals surface area contributed by atoms with Crippen LogP contribution in [0.3, 0.4) is 0 Å². The summed E-state index contributed by atoms with van der Waals surface area (Å²) < 4.78 is 0.